The van der Waals surface area contributed by atoms with E-state index in [1.54, 1.807) is 0 Å². The molecular weight excluding hydrogens is 312 g/mol. The number of fused-ring (bicyclic) bond motifs is 1. The Labute approximate surface area is 150 Å². The highest BCUT2D eigenvalue weighted by Crippen LogP contribution is 2.28. The van der Waals surface area contributed by atoms with Crippen LogP contribution < -0.4 is 0 Å². The Morgan fingerprint density at radius 2 is 1.96 bits per heavy atom. The Kier molecular flexibility index (Phi) is 5.06. The van der Waals surface area contributed by atoms with Gasteiger partial charge in [0.1, 0.15) is 5.82 Å². The summed E-state index contributed by atoms with van der Waals surface area (Å²) in [6, 6.07) is 9.58. The molecule has 1 saturated heterocycles. The van der Waals surface area contributed by atoms with E-state index in [1.165, 1.54) is 31.2 Å². The van der Waals surface area contributed by atoms with E-state index >= 15 is 0 Å². The van der Waals surface area contributed by atoms with Crippen molar-refractivity contribution in [1.29, 1.82) is 0 Å². The molecule has 2 aliphatic rings. The maximum atomic E-state index is 9.53. The summed E-state index contributed by atoms with van der Waals surface area (Å²) in [7, 11) is 2.12. The van der Waals surface area contributed by atoms with Crippen LogP contribution in [0.3, 0.4) is 0 Å². The van der Waals surface area contributed by atoms with Crippen molar-refractivity contribution < 1.29 is 5.11 Å². The number of para-hydroxylation sites is 2. The molecule has 0 unspecified atom stereocenters. The van der Waals surface area contributed by atoms with E-state index in [0.717, 1.165) is 50.0 Å². The van der Waals surface area contributed by atoms with Crippen LogP contribution in [0.1, 0.15) is 37.9 Å². The summed E-state index contributed by atoms with van der Waals surface area (Å²) in [5, 5.41) is 9.53. The van der Waals surface area contributed by atoms with Crippen LogP contribution in [0.25, 0.3) is 11.0 Å². The summed E-state index contributed by atoms with van der Waals surface area (Å²) >= 11 is 0. The number of aromatic nitrogens is 2. The molecule has 2 fully saturated rings. The van der Waals surface area contributed by atoms with Crippen LogP contribution >= 0.6 is 0 Å². The van der Waals surface area contributed by atoms with Gasteiger partial charge in [0.05, 0.1) is 17.6 Å². The molecule has 136 valence electrons. The van der Waals surface area contributed by atoms with Crippen molar-refractivity contribution in [3.63, 3.8) is 0 Å². The standard InChI is InChI=1S/C20H30N4O/c1-22-19-9-5-4-8-18(19)21-20(22)15-23-11-12-24(16-6-2-3-7-16)17(14-23)10-13-25/h4-5,8-9,16-17,25H,2-3,6-7,10-15H2,1H3/t17-/m1/s1. The van der Waals surface area contributed by atoms with E-state index in [-0.39, 0.29) is 6.61 Å². The van der Waals surface area contributed by atoms with Crippen molar-refractivity contribution in [3.05, 3.63) is 30.1 Å². The van der Waals surface area contributed by atoms with Crippen molar-refractivity contribution in [2.45, 2.75) is 50.7 Å². The number of piperazine rings is 1. The molecule has 1 N–H and O–H groups in total. The molecule has 25 heavy (non-hydrogen) atoms. The number of aliphatic hydroxyl groups excluding tert-OH is 1. The third-order valence-corrected chi connectivity index (χ3v) is 6.11. The fraction of sp³-hybridized carbons (Fsp3) is 0.650. The highest BCUT2D eigenvalue weighted by molar-refractivity contribution is 5.75. The summed E-state index contributed by atoms with van der Waals surface area (Å²) in [6.07, 6.45) is 6.31. The molecule has 2 heterocycles. The van der Waals surface area contributed by atoms with Crippen LogP contribution in [0.5, 0.6) is 0 Å². The lowest BCUT2D eigenvalue weighted by Crippen LogP contribution is -2.56. The highest BCUT2D eigenvalue weighted by atomic mass is 16.3. The zero-order chi connectivity index (χ0) is 17.2. The first-order valence-electron chi connectivity index (χ1n) is 9.75. The van der Waals surface area contributed by atoms with Gasteiger partial charge in [0.2, 0.25) is 0 Å². The average molecular weight is 342 g/mol. The van der Waals surface area contributed by atoms with Crippen LogP contribution in [-0.4, -0.2) is 62.8 Å². The first-order chi connectivity index (χ1) is 12.3. The monoisotopic (exact) mass is 342 g/mol. The van der Waals surface area contributed by atoms with Gasteiger partial charge < -0.3 is 9.67 Å². The summed E-state index contributed by atoms with van der Waals surface area (Å²) < 4.78 is 2.22. The molecular formula is C20H30N4O. The van der Waals surface area contributed by atoms with Gasteiger partial charge in [-0.25, -0.2) is 4.98 Å². The Morgan fingerprint density at radius 1 is 1.16 bits per heavy atom. The van der Waals surface area contributed by atoms with Gasteiger partial charge in [-0.05, 0) is 31.4 Å². The lowest BCUT2D eigenvalue weighted by Gasteiger charge is -2.44. The van der Waals surface area contributed by atoms with E-state index in [9.17, 15) is 5.11 Å². The van der Waals surface area contributed by atoms with Gasteiger partial charge in [0, 0.05) is 45.4 Å². The number of aryl methyl sites for hydroxylation is 1. The molecule has 5 heteroatoms. The topological polar surface area (TPSA) is 44.5 Å². The molecule has 0 amide bonds. The highest BCUT2D eigenvalue weighted by Gasteiger charge is 2.33. The molecule has 1 atom stereocenters. The molecule has 0 radical (unpaired) electrons. The molecule has 2 aromatic rings. The summed E-state index contributed by atoms with van der Waals surface area (Å²) in [5.41, 5.74) is 2.28. The second-order valence-electron chi connectivity index (χ2n) is 7.65. The number of aliphatic hydroxyl groups is 1. The number of hydrogen-bond acceptors (Lipinski definition) is 4. The van der Waals surface area contributed by atoms with Gasteiger partial charge in [-0.1, -0.05) is 25.0 Å². The summed E-state index contributed by atoms with van der Waals surface area (Å²) in [6.45, 7) is 4.45. The van der Waals surface area contributed by atoms with Crippen LogP contribution in [0.15, 0.2) is 24.3 Å². The predicted octanol–water partition coefficient (Wildman–Crippen LogP) is 2.38. The number of imidazole rings is 1. The normalized spacial score (nSPS) is 23.7. The first kappa shape index (κ1) is 17.0. The van der Waals surface area contributed by atoms with E-state index in [4.69, 9.17) is 4.98 Å². The smallest absolute Gasteiger partial charge is 0.123 e. The number of benzene rings is 1. The lowest BCUT2D eigenvalue weighted by atomic mass is 10.0. The maximum Gasteiger partial charge on any atom is 0.123 e. The molecule has 1 aromatic carbocycles. The predicted molar refractivity (Wildman–Crippen MR) is 100 cm³/mol. The Hall–Kier alpha value is -1.43. The van der Waals surface area contributed by atoms with Crippen LogP contribution in [-0.2, 0) is 13.6 Å². The van der Waals surface area contributed by atoms with Gasteiger partial charge in [-0.15, -0.1) is 0 Å². The van der Waals surface area contributed by atoms with Crippen molar-refractivity contribution in [2.24, 2.45) is 7.05 Å². The number of rotatable bonds is 5. The second-order valence-corrected chi connectivity index (χ2v) is 7.65. The molecule has 0 bridgehead atoms. The molecule has 1 saturated carbocycles. The lowest BCUT2D eigenvalue weighted by molar-refractivity contribution is 0.0255. The van der Waals surface area contributed by atoms with Gasteiger partial charge >= 0.3 is 0 Å². The van der Waals surface area contributed by atoms with Crippen molar-refractivity contribution in [1.82, 2.24) is 19.4 Å². The van der Waals surface area contributed by atoms with Gasteiger partial charge in [-0.2, -0.15) is 0 Å². The van der Waals surface area contributed by atoms with Gasteiger partial charge in [0.25, 0.3) is 0 Å². The molecule has 0 spiro atoms. The Balaban J connectivity index is 1.46. The van der Waals surface area contributed by atoms with Crippen LogP contribution in [0.2, 0.25) is 0 Å². The Morgan fingerprint density at radius 3 is 2.72 bits per heavy atom. The quantitative estimate of drug-likeness (QED) is 0.906. The third kappa shape index (κ3) is 3.46. The van der Waals surface area contributed by atoms with Crippen LogP contribution in [0, 0.1) is 0 Å². The second kappa shape index (κ2) is 7.44. The molecule has 1 aromatic heterocycles. The average Bonchev–Trinajstić information content (AvgIpc) is 3.25. The zero-order valence-corrected chi connectivity index (χ0v) is 15.3. The molecule has 4 rings (SSSR count). The number of nitrogens with zero attached hydrogens (tertiary/aromatic N) is 4. The fourth-order valence-electron chi connectivity index (χ4n) is 4.74. The first-order valence-corrected chi connectivity index (χ1v) is 9.75. The summed E-state index contributed by atoms with van der Waals surface area (Å²) in [5.74, 6) is 1.14. The van der Waals surface area contributed by atoms with E-state index < -0.39 is 0 Å². The maximum absolute atomic E-state index is 9.53. The summed E-state index contributed by atoms with van der Waals surface area (Å²) in [4.78, 5) is 10.0. The van der Waals surface area contributed by atoms with E-state index in [2.05, 4.69) is 45.7 Å². The largest absolute Gasteiger partial charge is 0.396 e. The fourth-order valence-corrected chi connectivity index (χ4v) is 4.74. The minimum absolute atomic E-state index is 0.286. The van der Waals surface area contributed by atoms with Gasteiger partial charge in [-0.3, -0.25) is 9.80 Å². The molecule has 1 aliphatic heterocycles. The minimum atomic E-state index is 0.286. The van der Waals surface area contributed by atoms with Gasteiger partial charge in [0.15, 0.2) is 0 Å². The molecule has 1 aliphatic carbocycles. The Bertz CT molecular complexity index is 707. The SMILES string of the molecule is Cn1c(CN2CCN(C3CCCC3)[C@H](CCO)C2)nc2ccccc21. The van der Waals surface area contributed by atoms with E-state index in [1.807, 2.05) is 0 Å². The minimum Gasteiger partial charge on any atom is -0.396 e. The van der Waals surface area contributed by atoms with Crippen molar-refractivity contribution in [3.8, 4) is 0 Å². The van der Waals surface area contributed by atoms with Crippen LogP contribution in [0.4, 0.5) is 0 Å². The molecule has 5 nitrogen and oxygen atoms in total. The number of hydrogen-bond donors (Lipinski definition) is 1. The third-order valence-electron chi connectivity index (χ3n) is 6.11. The zero-order valence-electron chi connectivity index (χ0n) is 15.3. The van der Waals surface area contributed by atoms with Crippen molar-refractivity contribution in [2.75, 3.05) is 26.2 Å². The van der Waals surface area contributed by atoms with E-state index in [0.29, 0.717) is 6.04 Å². The van der Waals surface area contributed by atoms with Crippen molar-refractivity contribution >= 4 is 11.0 Å².